The molecule has 2 amide bonds. The molecule has 3 fully saturated rings. The van der Waals surface area contributed by atoms with Gasteiger partial charge in [0.15, 0.2) is 0 Å². The molecular weight excluding hydrogens is 314 g/mol. The number of hydrogen-bond acceptors (Lipinski definition) is 3. The number of nitrogens with zero attached hydrogens (tertiary/aromatic N) is 3. The molecule has 0 aromatic carbocycles. The van der Waals surface area contributed by atoms with Crippen LogP contribution in [0.25, 0.3) is 0 Å². The molecule has 142 valence electrons. The summed E-state index contributed by atoms with van der Waals surface area (Å²) in [5, 5.41) is 0. The number of likely N-dealkylation sites (N-methyl/N-ethyl adjacent to an activating group) is 1. The van der Waals surface area contributed by atoms with Gasteiger partial charge in [0.05, 0.1) is 6.54 Å². The fourth-order valence-electron chi connectivity index (χ4n) is 5.22. The Labute approximate surface area is 152 Å². The van der Waals surface area contributed by atoms with Crippen molar-refractivity contribution in [1.82, 2.24) is 14.7 Å². The molecule has 0 spiro atoms. The summed E-state index contributed by atoms with van der Waals surface area (Å²) >= 11 is 0. The normalized spacial score (nSPS) is 28.5. The Kier molecular flexibility index (Phi) is 6.37. The molecule has 2 saturated heterocycles. The largest absolute Gasteiger partial charge is 0.344 e. The van der Waals surface area contributed by atoms with E-state index in [0.29, 0.717) is 24.5 Å². The smallest absolute Gasteiger partial charge is 0.236 e. The van der Waals surface area contributed by atoms with Crippen molar-refractivity contribution >= 4 is 11.8 Å². The van der Waals surface area contributed by atoms with Crippen LogP contribution in [-0.4, -0.2) is 71.8 Å². The highest BCUT2D eigenvalue weighted by Gasteiger charge is 2.39. The predicted octanol–water partition coefficient (Wildman–Crippen LogP) is 2.50. The summed E-state index contributed by atoms with van der Waals surface area (Å²) in [7, 11) is 1.97. The average Bonchev–Trinajstić information content (AvgIpc) is 3.24. The van der Waals surface area contributed by atoms with E-state index in [4.69, 9.17) is 0 Å². The Morgan fingerprint density at radius 1 is 0.920 bits per heavy atom. The molecule has 0 radical (unpaired) electrons. The second kappa shape index (κ2) is 8.52. The lowest BCUT2D eigenvalue weighted by molar-refractivity contribution is -0.133. The van der Waals surface area contributed by atoms with E-state index in [1.54, 1.807) is 6.92 Å². The summed E-state index contributed by atoms with van der Waals surface area (Å²) < 4.78 is 0. The Bertz CT molecular complexity index is 476. The third kappa shape index (κ3) is 4.55. The van der Waals surface area contributed by atoms with Gasteiger partial charge in [-0.2, -0.15) is 0 Å². The van der Waals surface area contributed by atoms with Crippen LogP contribution < -0.4 is 0 Å². The van der Waals surface area contributed by atoms with Gasteiger partial charge in [0.1, 0.15) is 0 Å². The summed E-state index contributed by atoms with van der Waals surface area (Å²) in [5.41, 5.74) is 0. The van der Waals surface area contributed by atoms with Crippen molar-refractivity contribution in [2.45, 2.75) is 76.8 Å². The number of likely N-dealkylation sites (tertiary alicyclic amines) is 2. The quantitative estimate of drug-likeness (QED) is 0.766. The maximum atomic E-state index is 12.8. The Morgan fingerprint density at radius 2 is 1.60 bits per heavy atom. The lowest BCUT2D eigenvalue weighted by Gasteiger charge is -2.35. The van der Waals surface area contributed by atoms with Crippen molar-refractivity contribution in [2.75, 3.05) is 33.2 Å². The van der Waals surface area contributed by atoms with Gasteiger partial charge in [0.25, 0.3) is 0 Å². The third-order valence-corrected chi connectivity index (χ3v) is 6.58. The number of carbonyl (C=O) groups excluding carboxylic acids is 2. The average molecular weight is 350 g/mol. The van der Waals surface area contributed by atoms with E-state index in [-0.39, 0.29) is 11.8 Å². The maximum Gasteiger partial charge on any atom is 0.236 e. The molecule has 3 aliphatic rings. The van der Waals surface area contributed by atoms with Gasteiger partial charge < -0.3 is 9.80 Å². The Hall–Kier alpha value is -1.10. The lowest BCUT2D eigenvalue weighted by Crippen LogP contribution is -2.50. The van der Waals surface area contributed by atoms with Crippen molar-refractivity contribution in [2.24, 2.45) is 5.92 Å². The van der Waals surface area contributed by atoms with E-state index < -0.39 is 0 Å². The van der Waals surface area contributed by atoms with E-state index in [1.807, 2.05) is 16.8 Å². The fourth-order valence-corrected chi connectivity index (χ4v) is 5.22. The molecule has 5 heteroatoms. The number of rotatable bonds is 5. The molecule has 3 rings (SSSR count). The summed E-state index contributed by atoms with van der Waals surface area (Å²) in [4.78, 5) is 31.0. The van der Waals surface area contributed by atoms with E-state index in [0.717, 1.165) is 45.3 Å². The van der Waals surface area contributed by atoms with Crippen molar-refractivity contribution in [3.8, 4) is 0 Å². The first-order chi connectivity index (χ1) is 12.1. The van der Waals surface area contributed by atoms with Crippen molar-refractivity contribution in [3.05, 3.63) is 0 Å². The van der Waals surface area contributed by atoms with Crippen LogP contribution in [0.2, 0.25) is 0 Å². The zero-order valence-electron chi connectivity index (χ0n) is 16.1. The molecule has 0 aromatic rings. The second-order valence-corrected chi connectivity index (χ2v) is 8.38. The van der Waals surface area contributed by atoms with Crippen molar-refractivity contribution in [3.63, 3.8) is 0 Å². The standard InChI is InChI=1S/C20H35N3O2/c1-16(24)23-13-7-11-19(23)18-10-6-12-22(18)15-20(25)21(2)14-17-8-4-3-5-9-17/h17-19H,3-15H2,1-2H3/t18-,19-/m1/s1. The van der Waals surface area contributed by atoms with E-state index in [1.165, 1.54) is 32.1 Å². The summed E-state index contributed by atoms with van der Waals surface area (Å²) in [6.45, 7) is 5.01. The van der Waals surface area contributed by atoms with Crippen LogP contribution in [0.15, 0.2) is 0 Å². The van der Waals surface area contributed by atoms with Crippen molar-refractivity contribution < 1.29 is 9.59 Å². The minimum absolute atomic E-state index is 0.190. The van der Waals surface area contributed by atoms with Gasteiger partial charge in [0.2, 0.25) is 11.8 Å². The molecule has 2 atom stereocenters. The first-order valence-corrected chi connectivity index (χ1v) is 10.3. The van der Waals surface area contributed by atoms with Gasteiger partial charge >= 0.3 is 0 Å². The minimum Gasteiger partial charge on any atom is -0.344 e. The molecular formula is C20H35N3O2. The molecule has 1 aliphatic carbocycles. The molecule has 5 nitrogen and oxygen atoms in total. The molecule has 0 N–H and O–H groups in total. The molecule has 1 saturated carbocycles. The molecule has 0 unspecified atom stereocenters. The van der Waals surface area contributed by atoms with E-state index in [9.17, 15) is 9.59 Å². The van der Waals surface area contributed by atoms with E-state index in [2.05, 4.69) is 4.90 Å². The topological polar surface area (TPSA) is 43.9 Å². The summed E-state index contributed by atoms with van der Waals surface area (Å²) in [5.74, 6) is 1.14. The number of hydrogen-bond donors (Lipinski definition) is 0. The monoisotopic (exact) mass is 349 g/mol. The molecule has 0 aromatic heterocycles. The molecule has 0 bridgehead atoms. The second-order valence-electron chi connectivity index (χ2n) is 8.38. The zero-order chi connectivity index (χ0) is 17.8. The van der Waals surface area contributed by atoms with Gasteiger partial charge in [-0.3, -0.25) is 14.5 Å². The van der Waals surface area contributed by atoms with Gasteiger partial charge in [-0.15, -0.1) is 0 Å². The lowest BCUT2D eigenvalue weighted by atomic mass is 9.89. The van der Waals surface area contributed by atoms with Crippen LogP contribution >= 0.6 is 0 Å². The van der Waals surface area contributed by atoms with E-state index >= 15 is 0 Å². The van der Waals surface area contributed by atoms with Gasteiger partial charge in [-0.05, 0) is 51.0 Å². The fraction of sp³-hybridized carbons (Fsp3) is 0.900. The highest BCUT2D eigenvalue weighted by atomic mass is 16.2. The SMILES string of the molecule is CC(=O)N1CCC[C@@H]1[C@H]1CCCN1CC(=O)N(C)CC1CCCCC1. The van der Waals surface area contributed by atoms with Gasteiger partial charge in [0, 0.05) is 39.1 Å². The van der Waals surface area contributed by atoms with Crippen LogP contribution in [0.1, 0.15) is 64.7 Å². The minimum atomic E-state index is 0.190. The first kappa shape index (κ1) is 18.7. The summed E-state index contributed by atoms with van der Waals surface area (Å²) in [6.07, 6.45) is 11.0. The molecule has 2 aliphatic heterocycles. The van der Waals surface area contributed by atoms with Crippen molar-refractivity contribution in [1.29, 1.82) is 0 Å². The highest BCUT2D eigenvalue weighted by Crippen LogP contribution is 2.30. The summed E-state index contributed by atoms with van der Waals surface area (Å²) in [6, 6.07) is 0.690. The van der Waals surface area contributed by atoms with Gasteiger partial charge in [-0.1, -0.05) is 19.3 Å². The first-order valence-electron chi connectivity index (χ1n) is 10.3. The third-order valence-electron chi connectivity index (χ3n) is 6.58. The van der Waals surface area contributed by atoms with Gasteiger partial charge in [-0.25, -0.2) is 0 Å². The molecule has 25 heavy (non-hydrogen) atoms. The van der Waals surface area contributed by atoms with Crippen LogP contribution in [-0.2, 0) is 9.59 Å². The zero-order valence-corrected chi connectivity index (χ0v) is 16.1. The van der Waals surface area contributed by atoms with Crippen LogP contribution in [0.3, 0.4) is 0 Å². The predicted molar refractivity (Wildman–Crippen MR) is 99.2 cm³/mol. The highest BCUT2D eigenvalue weighted by molar-refractivity contribution is 5.78. The van der Waals surface area contributed by atoms with Crippen LogP contribution in [0.5, 0.6) is 0 Å². The number of amides is 2. The van der Waals surface area contributed by atoms with Crippen LogP contribution in [0.4, 0.5) is 0 Å². The maximum absolute atomic E-state index is 12.8. The Balaban J connectivity index is 1.53. The van der Waals surface area contributed by atoms with Crippen LogP contribution in [0, 0.1) is 5.92 Å². The molecule has 2 heterocycles. The Morgan fingerprint density at radius 3 is 2.32 bits per heavy atom. The number of carbonyl (C=O) groups is 2.